The first kappa shape index (κ1) is 9.27. The number of nitrogens with zero attached hydrogens (tertiary/aromatic N) is 1. The zero-order valence-corrected chi connectivity index (χ0v) is 6.77. The van der Waals surface area contributed by atoms with Gasteiger partial charge in [-0.15, -0.1) is 0 Å². The summed E-state index contributed by atoms with van der Waals surface area (Å²) in [7, 11) is 0. The van der Waals surface area contributed by atoms with Gasteiger partial charge in [-0.05, 0) is 6.07 Å². The Bertz CT molecular complexity index is 339. The minimum absolute atomic E-state index is 0.168. The lowest BCUT2D eigenvalue weighted by molar-refractivity contribution is -0.138. The van der Waals surface area contributed by atoms with Crippen LogP contribution < -0.4 is 17.2 Å². The summed E-state index contributed by atoms with van der Waals surface area (Å²) in [5.74, 6) is -0.965. The molecule has 0 aliphatic heterocycles. The third kappa shape index (κ3) is 1.85. The largest absolute Gasteiger partial charge is 0.480 e. The second-order valence-electron chi connectivity index (χ2n) is 2.56. The lowest BCUT2D eigenvalue weighted by atomic mass is 10.1. The van der Waals surface area contributed by atoms with Gasteiger partial charge in [0, 0.05) is 11.8 Å². The number of carboxylic acids is 1. The predicted octanol–water partition coefficient (Wildman–Crippen LogP) is -0.670. The first-order chi connectivity index (χ1) is 6.02. The van der Waals surface area contributed by atoms with E-state index in [4.69, 9.17) is 22.3 Å². The summed E-state index contributed by atoms with van der Waals surface area (Å²) >= 11 is 0. The molecule has 7 N–H and O–H groups in total. The van der Waals surface area contributed by atoms with Gasteiger partial charge in [0.15, 0.2) is 0 Å². The van der Waals surface area contributed by atoms with Crippen molar-refractivity contribution in [2.24, 2.45) is 5.73 Å². The van der Waals surface area contributed by atoms with Crippen molar-refractivity contribution in [3.05, 3.63) is 17.8 Å². The Hall–Kier alpha value is -1.82. The fourth-order valence-corrected chi connectivity index (χ4v) is 0.822. The minimum Gasteiger partial charge on any atom is -0.480 e. The molecule has 0 bridgehead atoms. The summed E-state index contributed by atoms with van der Waals surface area (Å²) in [5, 5.41) is 8.57. The highest BCUT2D eigenvalue weighted by Gasteiger charge is 2.15. The summed E-state index contributed by atoms with van der Waals surface area (Å²) < 4.78 is 0. The molecule has 0 radical (unpaired) electrons. The first-order valence-electron chi connectivity index (χ1n) is 3.51. The molecule has 1 heterocycles. The van der Waals surface area contributed by atoms with Gasteiger partial charge in [-0.25, -0.2) is 4.98 Å². The third-order valence-corrected chi connectivity index (χ3v) is 1.60. The van der Waals surface area contributed by atoms with Crippen LogP contribution in [-0.2, 0) is 4.79 Å². The van der Waals surface area contributed by atoms with Gasteiger partial charge in [0.05, 0.1) is 5.69 Å². The number of aromatic nitrogens is 1. The molecule has 0 amide bonds. The van der Waals surface area contributed by atoms with Crippen LogP contribution in [-0.4, -0.2) is 16.1 Å². The standard InChI is InChI=1S/C7H10N4O2/c8-4-1-3(2-11-6(4)10)5(9)7(12)13/h1-2,5H,8-9H2,(H2,10,11)(H,12,13). The predicted molar refractivity (Wildman–Crippen MR) is 47.6 cm³/mol. The molecule has 0 fully saturated rings. The number of aliphatic carboxylic acids is 1. The number of nitrogen functional groups attached to an aromatic ring is 2. The number of hydrogen-bond acceptors (Lipinski definition) is 5. The highest BCUT2D eigenvalue weighted by Crippen LogP contribution is 2.16. The Labute approximate surface area is 74.4 Å². The molecule has 1 rings (SSSR count). The molecule has 0 saturated carbocycles. The summed E-state index contributed by atoms with van der Waals surface area (Å²) in [6.45, 7) is 0. The van der Waals surface area contributed by atoms with Gasteiger partial charge >= 0.3 is 5.97 Å². The van der Waals surface area contributed by atoms with Gasteiger partial charge in [0.1, 0.15) is 11.9 Å². The Morgan fingerprint density at radius 2 is 2.15 bits per heavy atom. The van der Waals surface area contributed by atoms with Crippen LogP contribution in [0.1, 0.15) is 11.6 Å². The van der Waals surface area contributed by atoms with E-state index in [0.29, 0.717) is 5.56 Å². The van der Waals surface area contributed by atoms with Gasteiger partial charge in [-0.2, -0.15) is 0 Å². The molecule has 70 valence electrons. The van der Waals surface area contributed by atoms with E-state index < -0.39 is 12.0 Å². The van der Waals surface area contributed by atoms with Gasteiger partial charge in [0.25, 0.3) is 0 Å². The highest BCUT2D eigenvalue weighted by molar-refractivity contribution is 5.76. The molecular formula is C7H10N4O2. The van der Waals surface area contributed by atoms with Crippen LogP contribution in [0, 0.1) is 0 Å². The van der Waals surface area contributed by atoms with Crippen molar-refractivity contribution in [3.8, 4) is 0 Å². The first-order valence-corrected chi connectivity index (χ1v) is 3.51. The van der Waals surface area contributed by atoms with Crippen molar-refractivity contribution in [3.63, 3.8) is 0 Å². The average Bonchev–Trinajstić information content (AvgIpc) is 2.08. The van der Waals surface area contributed by atoms with Crippen molar-refractivity contribution in [1.82, 2.24) is 4.98 Å². The number of nitrogens with two attached hydrogens (primary N) is 3. The van der Waals surface area contributed by atoms with Crippen LogP contribution in [0.5, 0.6) is 0 Å². The maximum atomic E-state index is 10.5. The smallest absolute Gasteiger partial charge is 0.325 e. The lowest BCUT2D eigenvalue weighted by Gasteiger charge is -2.07. The van der Waals surface area contributed by atoms with E-state index in [1.165, 1.54) is 12.3 Å². The zero-order valence-electron chi connectivity index (χ0n) is 6.77. The van der Waals surface area contributed by atoms with E-state index in [9.17, 15) is 4.79 Å². The molecule has 1 unspecified atom stereocenters. The monoisotopic (exact) mass is 182 g/mol. The molecule has 0 spiro atoms. The molecule has 6 nitrogen and oxygen atoms in total. The van der Waals surface area contributed by atoms with Crippen LogP contribution in [0.2, 0.25) is 0 Å². The Balaban J connectivity index is 3.03. The quantitative estimate of drug-likeness (QED) is 0.480. The van der Waals surface area contributed by atoms with Crippen LogP contribution in [0.4, 0.5) is 11.5 Å². The van der Waals surface area contributed by atoms with E-state index in [-0.39, 0.29) is 11.5 Å². The van der Waals surface area contributed by atoms with Gasteiger partial charge < -0.3 is 22.3 Å². The molecule has 13 heavy (non-hydrogen) atoms. The summed E-state index contributed by atoms with van der Waals surface area (Å²) in [4.78, 5) is 14.2. The number of carbonyl (C=O) groups is 1. The van der Waals surface area contributed by atoms with Gasteiger partial charge in [-0.1, -0.05) is 0 Å². The average molecular weight is 182 g/mol. The molecular weight excluding hydrogens is 172 g/mol. The van der Waals surface area contributed by atoms with Crippen molar-refractivity contribution in [2.45, 2.75) is 6.04 Å². The Kier molecular flexibility index (Phi) is 2.34. The Morgan fingerprint density at radius 1 is 1.54 bits per heavy atom. The van der Waals surface area contributed by atoms with Crippen molar-refractivity contribution in [1.29, 1.82) is 0 Å². The van der Waals surface area contributed by atoms with Gasteiger partial charge in [0.2, 0.25) is 0 Å². The molecule has 1 aromatic heterocycles. The van der Waals surface area contributed by atoms with Crippen LogP contribution in [0.25, 0.3) is 0 Å². The van der Waals surface area contributed by atoms with E-state index in [0.717, 1.165) is 0 Å². The van der Waals surface area contributed by atoms with Crippen LogP contribution in [0.3, 0.4) is 0 Å². The molecule has 0 saturated heterocycles. The molecule has 0 aliphatic carbocycles. The number of hydrogen-bond donors (Lipinski definition) is 4. The minimum atomic E-state index is -1.13. The fraction of sp³-hybridized carbons (Fsp3) is 0.143. The number of anilines is 2. The molecule has 6 heteroatoms. The Morgan fingerprint density at radius 3 is 2.62 bits per heavy atom. The number of pyridine rings is 1. The number of rotatable bonds is 2. The normalized spacial score (nSPS) is 12.4. The van der Waals surface area contributed by atoms with E-state index in [1.54, 1.807) is 0 Å². The fourth-order valence-electron chi connectivity index (χ4n) is 0.822. The van der Waals surface area contributed by atoms with E-state index in [2.05, 4.69) is 4.98 Å². The molecule has 1 aromatic rings. The van der Waals surface area contributed by atoms with E-state index >= 15 is 0 Å². The third-order valence-electron chi connectivity index (χ3n) is 1.60. The topological polar surface area (TPSA) is 128 Å². The molecule has 0 aromatic carbocycles. The summed E-state index contributed by atoms with van der Waals surface area (Å²) in [6.07, 6.45) is 1.30. The van der Waals surface area contributed by atoms with Crippen molar-refractivity contribution < 1.29 is 9.90 Å². The SMILES string of the molecule is Nc1cc(C(N)C(=O)O)cnc1N. The maximum absolute atomic E-state index is 10.5. The number of carboxylic acid groups (broad SMARTS) is 1. The van der Waals surface area contributed by atoms with Gasteiger partial charge in [-0.3, -0.25) is 4.79 Å². The van der Waals surface area contributed by atoms with Crippen LogP contribution >= 0.6 is 0 Å². The lowest BCUT2D eigenvalue weighted by Crippen LogP contribution is -2.21. The summed E-state index contributed by atoms with van der Waals surface area (Å²) in [6, 6.07) is 0.289. The second kappa shape index (κ2) is 3.28. The van der Waals surface area contributed by atoms with Crippen molar-refractivity contribution in [2.75, 3.05) is 11.5 Å². The summed E-state index contributed by atoms with van der Waals surface area (Å²) in [5.41, 5.74) is 16.6. The zero-order chi connectivity index (χ0) is 10.0. The maximum Gasteiger partial charge on any atom is 0.325 e. The molecule has 0 aliphatic rings. The molecule has 1 atom stereocenters. The second-order valence-corrected chi connectivity index (χ2v) is 2.56. The van der Waals surface area contributed by atoms with Crippen molar-refractivity contribution >= 4 is 17.5 Å². The van der Waals surface area contributed by atoms with Crippen LogP contribution in [0.15, 0.2) is 12.3 Å². The highest BCUT2D eigenvalue weighted by atomic mass is 16.4. The van der Waals surface area contributed by atoms with E-state index in [1.807, 2.05) is 0 Å².